The van der Waals surface area contributed by atoms with Crippen molar-refractivity contribution in [3.8, 4) is 0 Å². The summed E-state index contributed by atoms with van der Waals surface area (Å²) in [4.78, 5) is 48.0. The summed E-state index contributed by atoms with van der Waals surface area (Å²) in [5, 5.41) is 2.87. The number of benzene rings is 1. The predicted octanol–water partition coefficient (Wildman–Crippen LogP) is 3.06. The largest absolute Gasteiger partial charge is 0.331 e. The van der Waals surface area contributed by atoms with Gasteiger partial charge in [0, 0.05) is 38.1 Å². The molecule has 3 aromatic rings. The zero-order valence-corrected chi connectivity index (χ0v) is 20.6. The van der Waals surface area contributed by atoms with Crippen molar-refractivity contribution in [3.05, 3.63) is 93.8 Å². The molecule has 36 heavy (non-hydrogen) atoms. The Morgan fingerprint density at radius 3 is 2.42 bits per heavy atom. The lowest BCUT2D eigenvalue weighted by molar-refractivity contribution is -0.122. The van der Waals surface area contributed by atoms with Crippen LogP contribution < -0.4 is 10.9 Å². The number of amides is 2. The van der Waals surface area contributed by atoms with E-state index in [0.717, 1.165) is 11.1 Å². The van der Waals surface area contributed by atoms with Gasteiger partial charge >= 0.3 is 0 Å². The Labute approximate surface area is 209 Å². The van der Waals surface area contributed by atoms with Crippen LogP contribution in [-0.2, 0) is 11.2 Å². The zero-order chi connectivity index (χ0) is 25.9. The summed E-state index contributed by atoms with van der Waals surface area (Å²) in [5.74, 6) is -0.141. The average Bonchev–Trinajstić information content (AvgIpc) is 2.85. The van der Waals surface area contributed by atoms with Crippen LogP contribution in [0.15, 0.2) is 65.7 Å². The van der Waals surface area contributed by atoms with Crippen molar-refractivity contribution in [1.29, 1.82) is 0 Å². The molecule has 3 heterocycles. The van der Waals surface area contributed by atoms with Gasteiger partial charge in [-0.1, -0.05) is 18.2 Å². The fraction of sp³-hybridized carbons (Fsp3) is 0.333. The molecule has 9 heteroatoms. The van der Waals surface area contributed by atoms with Crippen LogP contribution >= 0.6 is 0 Å². The maximum Gasteiger partial charge on any atom is 0.255 e. The van der Waals surface area contributed by atoms with Gasteiger partial charge in [-0.25, -0.2) is 9.37 Å². The van der Waals surface area contributed by atoms with Crippen molar-refractivity contribution in [3.63, 3.8) is 0 Å². The number of nitrogens with zero attached hydrogens (tertiary/aromatic N) is 3. The van der Waals surface area contributed by atoms with Crippen molar-refractivity contribution in [1.82, 2.24) is 19.8 Å². The summed E-state index contributed by atoms with van der Waals surface area (Å²) in [6, 6.07) is 12.4. The molecule has 1 atom stereocenters. The van der Waals surface area contributed by atoms with Gasteiger partial charge in [0.2, 0.25) is 11.5 Å². The molecule has 8 nitrogen and oxygen atoms in total. The Hall–Kier alpha value is -3.85. The molecule has 188 valence electrons. The SMILES string of the molecule is C[C@H](C(=O)Nc1ccc(Cc2ccc(F)cc2)cn1)N1CCN(C(=O)c2ccc(=O)[nH]c2)C(C)(C)C1. The molecular weight excluding hydrogens is 461 g/mol. The molecule has 2 amide bonds. The van der Waals surface area contributed by atoms with Gasteiger partial charge in [-0.15, -0.1) is 0 Å². The van der Waals surface area contributed by atoms with Gasteiger partial charge in [-0.05, 0) is 62.6 Å². The molecule has 4 rings (SSSR count). The molecule has 2 N–H and O–H groups in total. The number of H-pyrrole nitrogens is 1. The highest BCUT2D eigenvalue weighted by atomic mass is 19.1. The molecule has 1 fully saturated rings. The van der Waals surface area contributed by atoms with Crippen LogP contribution in [-0.4, -0.2) is 62.8 Å². The molecule has 1 aromatic carbocycles. The lowest BCUT2D eigenvalue weighted by atomic mass is 9.96. The van der Waals surface area contributed by atoms with Crippen LogP contribution in [0.5, 0.6) is 0 Å². The number of hydrogen-bond acceptors (Lipinski definition) is 5. The first-order chi connectivity index (χ1) is 17.1. The predicted molar refractivity (Wildman–Crippen MR) is 135 cm³/mol. The summed E-state index contributed by atoms with van der Waals surface area (Å²) in [7, 11) is 0. The normalized spacial score (nSPS) is 16.4. The molecule has 0 radical (unpaired) electrons. The van der Waals surface area contributed by atoms with E-state index < -0.39 is 11.6 Å². The number of nitrogens with one attached hydrogen (secondary N) is 2. The third kappa shape index (κ3) is 5.85. The molecule has 2 aromatic heterocycles. The van der Waals surface area contributed by atoms with Gasteiger partial charge in [0.05, 0.1) is 17.1 Å². The Morgan fingerprint density at radius 2 is 1.81 bits per heavy atom. The summed E-state index contributed by atoms with van der Waals surface area (Å²) in [6.07, 6.45) is 3.75. The van der Waals surface area contributed by atoms with E-state index in [1.165, 1.54) is 30.5 Å². The van der Waals surface area contributed by atoms with E-state index in [1.807, 2.05) is 26.8 Å². The highest BCUT2D eigenvalue weighted by molar-refractivity contribution is 5.95. The molecule has 0 bridgehead atoms. The van der Waals surface area contributed by atoms with E-state index in [2.05, 4.69) is 20.2 Å². The molecule has 0 unspecified atom stereocenters. The zero-order valence-electron chi connectivity index (χ0n) is 20.6. The van der Waals surface area contributed by atoms with Gasteiger partial charge in [0.25, 0.3) is 5.91 Å². The number of hydrogen-bond donors (Lipinski definition) is 2. The van der Waals surface area contributed by atoms with Crippen LogP contribution in [0.3, 0.4) is 0 Å². The molecule has 1 saturated heterocycles. The van der Waals surface area contributed by atoms with Gasteiger partial charge < -0.3 is 15.2 Å². The number of halogens is 1. The monoisotopic (exact) mass is 491 g/mol. The van der Waals surface area contributed by atoms with Gasteiger partial charge in [-0.3, -0.25) is 19.3 Å². The topological polar surface area (TPSA) is 98.4 Å². The Bertz CT molecular complexity index is 1270. The number of carbonyl (C=O) groups excluding carboxylic acids is 2. The van der Waals surface area contributed by atoms with E-state index in [9.17, 15) is 18.8 Å². The first-order valence-corrected chi connectivity index (χ1v) is 11.9. The first-order valence-electron chi connectivity index (χ1n) is 11.9. The minimum atomic E-state index is -0.514. The van der Waals surface area contributed by atoms with Crippen LogP contribution in [0.4, 0.5) is 10.2 Å². The number of aromatic nitrogens is 2. The molecule has 1 aliphatic heterocycles. The summed E-state index contributed by atoms with van der Waals surface area (Å²) in [5.41, 5.74) is 1.59. The number of aromatic amines is 1. The molecule has 0 aliphatic carbocycles. The number of rotatable bonds is 6. The highest BCUT2D eigenvalue weighted by Gasteiger charge is 2.39. The Kier molecular flexibility index (Phi) is 7.30. The second-order valence-electron chi connectivity index (χ2n) is 9.70. The minimum absolute atomic E-state index is 0.155. The average molecular weight is 492 g/mol. The quantitative estimate of drug-likeness (QED) is 0.552. The molecule has 1 aliphatic rings. The van der Waals surface area contributed by atoms with E-state index >= 15 is 0 Å². The van der Waals surface area contributed by atoms with Crippen molar-refractivity contribution in [2.45, 2.75) is 38.8 Å². The van der Waals surface area contributed by atoms with E-state index in [-0.39, 0.29) is 23.2 Å². The number of pyridine rings is 2. The van der Waals surface area contributed by atoms with Gasteiger partial charge in [-0.2, -0.15) is 0 Å². The molecular formula is C27H30FN5O3. The summed E-state index contributed by atoms with van der Waals surface area (Å²) < 4.78 is 13.1. The van der Waals surface area contributed by atoms with Crippen molar-refractivity contribution >= 4 is 17.6 Å². The van der Waals surface area contributed by atoms with Gasteiger partial charge in [0.1, 0.15) is 11.6 Å². The van der Waals surface area contributed by atoms with Gasteiger partial charge in [0.15, 0.2) is 0 Å². The standard InChI is InChI=1S/C27H30FN5O3/c1-18(25(35)31-23-10-6-20(15-29-23)14-19-4-8-22(28)9-5-19)32-12-13-33(27(2,3)17-32)26(36)21-7-11-24(34)30-16-21/h4-11,15-16,18H,12-14,17H2,1-3H3,(H,30,34)(H,29,31,35)/t18-/m1/s1. The third-order valence-electron chi connectivity index (χ3n) is 6.53. The van der Waals surface area contributed by atoms with Crippen molar-refractivity contribution in [2.24, 2.45) is 0 Å². The first kappa shape index (κ1) is 25.2. The summed E-state index contributed by atoms with van der Waals surface area (Å²) in [6.45, 7) is 7.29. The van der Waals surface area contributed by atoms with Crippen LogP contribution in [0, 0.1) is 5.82 Å². The lowest BCUT2D eigenvalue weighted by Gasteiger charge is -2.48. The Balaban J connectivity index is 1.34. The third-order valence-corrected chi connectivity index (χ3v) is 6.53. The lowest BCUT2D eigenvalue weighted by Crippen LogP contribution is -2.63. The van der Waals surface area contributed by atoms with Crippen LogP contribution in [0.2, 0.25) is 0 Å². The minimum Gasteiger partial charge on any atom is -0.331 e. The van der Waals surface area contributed by atoms with E-state index in [1.54, 1.807) is 29.3 Å². The van der Waals surface area contributed by atoms with Crippen molar-refractivity contribution < 1.29 is 14.0 Å². The fourth-order valence-corrected chi connectivity index (χ4v) is 4.44. The van der Waals surface area contributed by atoms with Crippen LogP contribution in [0.1, 0.15) is 42.3 Å². The van der Waals surface area contributed by atoms with Crippen molar-refractivity contribution in [2.75, 3.05) is 25.0 Å². The maximum atomic E-state index is 13.1. The second kappa shape index (κ2) is 10.4. The summed E-state index contributed by atoms with van der Waals surface area (Å²) >= 11 is 0. The number of anilines is 1. The number of piperazine rings is 1. The Morgan fingerprint density at radius 1 is 1.08 bits per heavy atom. The molecule has 0 spiro atoms. The maximum absolute atomic E-state index is 13.1. The number of carbonyl (C=O) groups is 2. The fourth-order valence-electron chi connectivity index (χ4n) is 4.44. The smallest absolute Gasteiger partial charge is 0.255 e. The van der Waals surface area contributed by atoms with E-state index in [0.29, 0.717) is 37.4 Å². The molecule has 0 saturated carbocycles. The van der Waals surface area contributed by atoms with E-state index in [4.69, 9.17) is 0 Å². The highest BCUT2D eigenvalue weighted by Crippen LogP contribution is 2.25. The second-order valence-corrected chi connectivity index (χ2v) is 9.70. The van der Waals surface area contributed by atoms with Crippen LogP contribution in [0.25, 0.3) is 0 Å².